The fraction of sp³-hybridized carbons (Fsp3) is 0.500. The van der Waals surface area contributed by atoms with Crippen LogP contribution in [0, 0.1) is 6.92 Å². The lowest BCUT2D eigenvalue weighted by molar-refractivity contribution is -0.117. The molecule has 4 rings (SSSR count). The summed E-state index contributed by atoms with van der Waals surface area (Å²) >= 11 is 1.52. The molecular weight excluding hydrogens is 440 g/mol. The summed E-state index contributed by atoms with van der Waals surface area (Å²) in [4.78, 5) is 27.3. The lowest BCUT2D eigenvalue weighted by Crippen LogP contribution is -2.39. The van der Waals surface area contributed by atoms with E-state index in [4.69, 9.17) is 4.74 Å². The average Bonchev–Trinajstić information content (AvgIpc) is 3.41. The number of rotatable bonds is 8. The Bertz CT molecular complexity index is 1020. The SMILES string of the molecule is COCCCNC(=O)c1c(NC(=O)C2CC(c3ccc(C)cc3O)NN2)sc2c1CCCC2. The summed E-state index contributed by atoms with van der Waals surface area (Å²) in [5, 5.41) is 16.9. The molecular formula is C24H32N4O4S. The highest BCUT2D eigenvalue weighted by molar-refractivity contribution is 7.17. The van der Waals surface area contributed by atoms with Crippen LogP contribution < -0.4 is 21.5 Å². The van der Waals surface area contributed by atoms with Crippen molar-refractivity contribution in [3.8, 4) is 5.75 Å². The van der Waals surface area contributed by atoms with Crippen LogP contribution in [0.15, 0.2) is 18.2 Å². The summed E-state index contributed by atoms with van der Waals surface area (Å²) in [6.45, 7) is 3.04. The van der Waals surface area contributed by atoms with Gasteiger partial charge in [0.15, 0.2) is 0 Å². The molecule has 5 N–H and O–H groups in total. The van der Waals surface area contributed by atoms with Crippen LogP contribution in [-0.2, 0) is 22.4 Å². The van der Waals surface area contributed by atoms with Crippen molar-refractivity contribution in [3.05, 3.63) is 45.3 Å². The first-order valence-electron chi connectivity index (χ1n) is 11.5. The zero-order valence-electron chi connectivity index (χ0n) is 19.1. The molecule has 0 bridgehead atoms. The zero-order chi connectivity index (χ0) is 23.4. The third kappa shape index (κ3) is 5.38. The highest BCUT2D eigenvalue weighted by Gasteiger charge is 2.33. The van der Waals surface area contributed by atoms with Crippen molar-refractivity contribution in [3.63, 3.8) is 0 Å². The normalized spacial score (nSPS) is 19.8. The number of anilines is 1. The Morgan fingerprint density at radius 2 is 2.06 bits per heavy atom. The number of phenols is 1. The number of thiophene rings is 1. The molecule has 2 atom stereocenters. The number of amides is 2. The number of hydrogen-bond acceptors (Lipinski definition) is 7. The molecule has 33 heavy (non-hydrogen) atoms. The molecule has 2 aromatic rings. The predicted molar refractivity (Wildman–Crippen MR) is 129 cm³/mol. The average molecular weight is 473 g/mol. The Morgan fingerprint density at radius 3 is 2.85 bits per heavy atom. The second kappa shape index (κ2) is 10.6. The van der Waals surface area contributed by atoms with Crippen molar-refractivity contribution in [1.29, 1.82) is 0 Å². The Morgan fingerprint density at radius 1 is 1.24 bits per heavy atom. The van der Waals surface area contributed by atoms with Crippen molar-refractivity contribution >= 4 is 28.2 Å². The quantitative estimate of drug-likeness (QED) is 0.378. The van der Waals surface area contributed by atoms with Gasteiger partial charge in [-0.3, -0.25) is 9.59 Å². The van der Waals surface area contributed by atoms with Gasteiger partial charge in [-0.15, -0.1) is 11.3 Å². The van der Waals surface area contributed by atoms with Crippen molar-refractivity contribution in [2.45, 2.75) is 57.5 Å². The molecule has 0 saturated carbocycles. The smallest absolute Gasteiger partial charge is 0.254 e. The van der Waals surface area contributed by atoms with Gasteiger partial charge in [0.05, 0.1) is 11.6 Å². The maximum Gasteiger partial charge on any atom is 0.254 e. The third-order valence-corrected chi connectivity index (χ3v) is 7.43. The van der Waals surface area contributed by atoms with E-state index in [1.807, 2.05) is 19.1 Å². The van der Waals surface area contributed by atoms with Crippen molar-refractivity contribution in [2.75, 3.05) is 25.6 Å². The Kier molecular flexibility index (Phi) is 7.64. The van der Waals surface area contributed by atoms with Crippen LogP contribution in [0.2, 0.25) is 0 Å². The number of carbonyl (C=O) groups is 2. The maximum atomic E-state index is 13.1. The molecule has 9 heteroatoms. The highest BCUT2D eigenvalue weighted by Crippen LogP contribution is 2.38. The molecule has 2 aliphatic rings. The molecule has 1 aromatic carbocycles. The largest absolute Gasteiger partial charge is 0.508 e. The van der Waals surface area contributed by atoms with Crippen LogP contribution >= 0.6 is 11.3 Å². The van der Waals surface area contributed by atoms with Gasteiger partial charge in [0.1, 0.15) is 16.8 Å². The van der Waals surface area contributed by atoms with E-state index >= 15 is 0 Å². The zero-order valence-corrected chi connectivity index (χ0v) is 19.9. The van der Waals surface area contributed by atoms with Gasteiger partial charge in [-0.1, -0.05) is 12.1 Å². The lowest BCUT2D eigenvalue weighted by Gasteiger charge is -2.14. The lowest BCUT2D eigenvalue weighted by atomic mass is 9.95. The molecule has 178 valence electrons. The molecule has 2 amide bonds. The van der Waals surface area contributed by atoms with Crippen molar-refractivity contribution in [2.24, 2.45) is 0 Å². The number of methoxy groups -OCH3 is 1. The second-order valence-corrected chi connectivity index (χ2v) is 9.80. The van der Waals surface area contributed by atoms with Crippen molar-refractivity contribution < 1.29 is 19.4 Å². The predicted octanol–water partition coefficient (Wildman–Crippen LogP) is 2.95. The van der Waals surface area contributed by atoms with E-state index in [0.717, 1.165) is 48.8 Å². The van der Waals surface area contributed by atoms with E-state index in [0.29, 0.717) is 30.1 Å². The minimum Gasteiger partial charge on any atom is -0.508 e. The van der Waals surface area contributed by atoms with Crippen LogP contribution in [0.25, 0.3) is 0 Å². The Labute approximate surface area is 198 Å². The first-order valence-corrected chi connectivity index (χ1v) is 12.3. The van der Waals surface area contributed by atoms with Crippen LogP contribution in [-0.4, -0.2) is 43.2 Å². The summed E-state index contributed by atoms with van der Waals surface area (Å²) in [6, 6.07) is 4.88. The standard InChI is InChI=1S/C24H32N4O4S/c1-14-8-9-15(19(29)12-14)17-13-18(28-27-17)22(30)26-24-21(23(31)25-10-5-11-32-2)16-6-3-4-7-20(16)33-24/h8-9,12,17-18,27-29H,3-7,10-11,13H2,1-2H3,(H,25,31)(H,26,30). The number of ether oxygens (including phenoxy) is 1. The summed E-state index contributed by atoms with van der Waals surface area (Å²) in [5.74, 6) is -0.113. The van der Waals surface area contributed by atoms with Gasteiger partial charge in [0.25, 0.3) is 5.91 Å². The van der Waals surface area contributed by atoms with E-state index in [1.165, 1.54) is 16.2 Å². The number of fused-ring (bicyclic) bond motifs is 1. The fourth-order valence-electron chi connectivity index (χ4n) is 4.48. The molecule has 1 fully saturated rings. The van der Waals surface area contributed by atoms with Gasteiger partial charge < -0.3 is 20.5 Å². The second-order valence-electron chi connectivity index (χ2n) is 8.70. The number of aryl methyl sites for hydroxylation is 2. The summed E-state index contributed by atoms with van der Waals surface area (Å²) in [6.07, 6.45) is 5.19. The number of hydrazine groups is 1. The monoisotopic (exact) mass is 472 g/mol. The molecule has 2 heterocycles. The van der Waals surface area contributed by atoms with E-state index in [-0.39, 0.29) is 23.6 Å². The number of hydrogen-bond donors (Lipinski definition) is 5. The minimum absolute atomic E-state index is 0.138. The van der Waals surface area contributed by atoms with E-state index in [1.54, 1.807) is 13.2 Å². The van der Waals surface area contributed by atoms with Gasteiger partial charge in [0, 0.05) is 30.7 Å². The van der Waals surface area contributed by atoms with Crippen LogP contribution in [0.1, 0.15) is 63.7 Å². The maximum absolute atomic E-state index is 13.1. The number of nitrogens with one attached hydrogen (secondary N) is 4. The molecule has 1 aliphatic heterocycles. The van der Waals surface area contributed by atoms with Gasteiger partial charge in [-0.2, -0.15) is 0 Å². The van der Waals surface area contributed by atoms with Crippen molar-refractivity contribution in [1.82, 2.24) is 16.2 Å². The van der Waals surface area contributed by atoms with E-state index in [2.05, 4.69) is 21.5 Å². The number of phenolic OH excluding ortho intramolecular Hbond substituents is 1. The molecule has 1 aliphatic carbocycles. The van der Waals surface area contributed by atoms with E-state index in [9.17, 15) is 14.7 Å². The van der Waals surface area contributed by atoms with Crippen LogP contribution in [0.4, 0.5) is 5.00 Å². The van der Waals surface area contributed by atoms with Gasteiger partial charge in [0.2, 0.25) is 5.91 Å². The molecule has 8 nitrogen and oxygen atoms in total. The fourth-order valence-corrected chi connectivity index (χ4v) is 5.77. The summed E-state index contributed by atoms with van der Waals surface area (Å²) in [5.41, 5.74) is 9.58. The third-order valence-electron chi connectivity index (χ3n) is 6.23. The Balaban J connectivity index is 1.46. The first kappa shape index (κ1) is 23.7. The van der Waals surface area contributed by atoms with Crippen LogP contribution in [0.3, 0.4) is 0 Å². The minimum atomic E-state index is -0.479. The van der Waals surface area contributed by atoms with Gasteiger partial charge in [-0.25, -0.2) is 10.9 Å². The van der Waals surface area contributed by atoms with E-state index < -0.39 is 6.04 Å². The first-order chi connectivity index (χ1) is 16.0. The van der Waals surface area contributed by atoms with Gasteiger partial charge in [-0.05, 0) is 62.6 Å². The van der Waals surface area contributed by atoms with Gasteiger partial charge >= 0.3 is 0 Å². The molecule has 0 spiro atoms. The Hall–Kier alpha value is -2.46. The number of carbonyl (C=O) groups excluding carboxylic acids is 2. The van der Waals surface area contributed by atoms with Crippen LogP contribution in [0.5, 0.6) is 5.75 Å². The number of aromatic hydroxyl groups is 1. The molecule has 1 saturated heterocycles. The topological polar surface area (TPSA) is 112 Å². The summed E-state index contributed by atoms with van der Waals surface area (Å²) < 4.78 is 5.06. The molecule has 2 unspecified atom stereocenters. The molecule has 1 aromatic heterocycles. The number of benzene rings is 1. The molecule has 0 radical (unpaired) electrons. The highest BCUT2D eigenvalue weighted by atomic mass is 32.1. The summed E-state index contributed by atoms with van der Waals surface area (Å²) in [7, 11) is 1.64.